The molecule has 4 rings (SSSR count). The van der Waals surface area contributed by atoms with Crippen LogP contribution in [0.2, 0.25) is 0 Å². The van der Waals surface area contributed by atoms with Crippen LogP contribution in [0.3, 0.4) is 0 Å². The molecule has 3 heterocycles. The largest absolute Gasteiger partial charge is 0.506 e. The van der Waals surface area contributed by atoms with Crippen molar-refractivity contribution in [2.75, 3.05) is 4.90 Å². The zero-order valence-corrected chi connectivity index (χ0v) is 16.2. The maximum atomic E-state index is 10.4. The van der Waals surface area contributed by atoms with E-state index in [0.717, 1.165) is 15.0 Å². The molecule has 1 aliphatic rings. The van der Waals surface area contributed by atoms with Crippen LogP contribution in [0.5, 0.6) is 5.75 Å². The van der Waals surface area contributed by atoms with Gasteiger partial charge in [-0.2, -0.15) is 0 Å². The Kier molecular flexibility index (Phi) is 4.45. The Morgan fingerprint density at radius 1 is 1.20 bits per heavy atom. The van der Waals surface area contributed by atoms with E-state index in [1.54, 1.807) is 29.7 Å². The van der Waals surface area contributed by atoms with Gasteiger partial charge in [0.2, 0.25) is 0 Å². The lowest BCUT2D eigenvalue weighted by Crippen LogP contribution is -2.29. The number of halogens is 1. The van der Waals surface area contributed by atoms with Gasteiger partial charge in [-0.1, -0.05) is 18.2 Å². The molecular formula is C18H14BrN3OS2. The fourth-order valence-corrected chi connectivity index (χ4v) is 4.96. The Bertz CT molecular complexity index is 915. The van der Waals surface area contributed by atoms with Crippen molar-refractivity contribution in [1.29, 1.82) is 0 Å². The number of phenolic OH excluding ortho intramolecular Hbond substituents is 1. The second-order valence-electron chi connectivity index (χ2n) is 5.65. The minimum absolute atomic E-state index is 0.0907. The summed E-state index contributed by atoms with van der Waals surface area (Å²) in [5, 5.41) is 16.4. The summed E-state index contributed by atoms with van der Waals surface area (Å²) in [7, 11) is 0. The van der Waals surface area contributed by atoms with E-state index in [1.807, 2.05) is 35.2 Å². The smallest absolute Gasteiger partial charge is 0.174 e. The number of para-hydroxylation sites is 2. The minimum atomic E-state index is -0.0983. The number of nitrogens with zero attached hydrogens (tertiary/aromatic N) is 2. The van der Waals surface area contributed by atoms with Gasteiger partial charge in [-0.05, 0) is 58.5 Å². The standard InChI is InChI=1S/C18H14BrN3OS2/c19-11-9-15(25-10-11)17-16(12-5-3-4-8-20-12)21-18(24)22(17)13-6-1-2-7-14(13)23/h1-10,16-17,23H,(H,21,24)/t16-,17-/m0/s1. The van der Waals surface area contributed by atoms with Gasteiger partial charge in [0, 0.05) is 20.9 Å². The molecule has 0 radical (unpaired) electrons. The number of aromatic hydroxyl groups is 1. The zero-order valence-electron chi connectivity index (χ0n) is 13.0. The van der Waals surface area contributed by atoms with Crippen molar-refractivity contribution in [2.24, 2.45) is 0 Å². The number of anilines is 1. The van der Waals surface area contributed by atoms with Gasteiger partial charge in [0.25, 0.3) is 0 Å². The van der Waals surface area contributed by atoms with Gasteiger partial charge in [0.1, 0.15) is 5.75 Å². The third kappa shape index (κ3) is 3.03. The first-order chi connectivity index (χ1) is 12.1. The van der Waals surface area contributed by atoms with E-state index < -0.39 is 0 Å². The molecule has 1 aliphatic heterocycles. The van der Waals surface area contributed by atoms with Crippen molar-refractivity contribution in [1.82, 2.24) is 10.3 Å². The predicted octanol–water partition coefficient (Wildman–Crippen LogP) is 4.79. The summed E-state index contributed by atoms with van der Waals surface area (Å²) in [6.07, 6.45) is 1.78. The highest BCUT2D eigenvalue weighted by Crippen LogP contribution is 2.45. The van der Waals surface area contributed by atoms with Crippen molar-refractivity contribution in [3.8, 4) is 5.75 Å². The van der Waals surface area contributed by atoms with Gasteiger partial charge in [0.05, 0.1) is 23.5 Å². The van der Waals surface area contributed by atoms with Crippen molar-refractivity contribution in [3.05, 3.63) is 75.2 Å². The first kappa shape index (κ1) is 16.5. The Hall–Kier alpha value is -1.96. The Morgan fingerprint density at radius 3 is 2.68 bits per heavy atom. The number of thiophene rings is 1. The van der Waals surface area contributed by atoms with E-state index in [1.165, 1.54) is 0 Å². The molecule has 0 saturated carbocycles. The molecule has 1 aromatic carbocycles. The summed E-state index contributed by atoms with van der Waals surface area (Å²) in [4.78, 5) is 7.62. The number of hydrogen-bond acceptors (Lipinski definition) is 4. The highest BCUT2D eigenvalue weighted by Gasteiger charge is 2.42. The Labute approximate surface area is 163 Å². The summed E-state index contributed by atoms with van der Waals surface area (Å²) in [6.45, 7) is 0. The normalized spacial score (nSPS) is 19.9. The van der Waals surface area contributed by atoms with Crippen molar-refractivity contribution in [3.63, 3.8) is 0 Å². The number of benzene rings is 1. The quantitative estimate of drug-likeness (QED) is 0.583. The van der Waals surface area contributed by atoms with E-state index >= 15 is 0 Å². The first-order valence-electron chi connectivity index (χ1n) is 7.68. The lowest BCUT2D eigenvalue weighted by atomic mass is 10.0. The molecule has 25 heavy (non-hydrogen) atoms. The topological polar surface area (TPSA) is 48.4 Å². The summed E-state index contributed by atoms with van der Waals surface area (Å²) >= 11 is 10.8. The summed E-state index contributed by atoms with van der Waals surface area (Å²) < 4.78 is 1.03. The number of aromatic nitrogens is 1. The molecule has 126 valence electrons. The lowest BCUT2D eigenvalue weighted by Gasteiger charge is -2.27. The molecule has 0 spiro atoms. The Balaban J connectivity index is 1.85. The first-order valence-corrected chi connectivity index (χ1v) is 9.76. The molecular weight excluding hydrogens is 418 g/mol. The van der Waals surface area contributed by atoms with E-state index in [9.17, 15) is 5.11 Å². The maximum Gasteiger partial charge on any atom is 0.174 e. The number of hydrogen-bond donors (Lipinski definition) is 2. The third-order valence-electron chi connectivity index (χ3n) is 4.12. The van der Waals surface area contributed by atoms with Crippen LogP contribution in [-0.2, 0) is 0 Å². The monoisotopic (exact) mass is 431 g/mol. The number of thiocarbonyl (C=S) groups is 1. The van der Waals surface area contributed by atoms with Crippen molar-refractivity contribution in [2.45, 2.75) is 12.1 Å². The van der Waals surface area contributed by atoms with E-state index in [2.05, 4.69) is 37.7 Å². The molecule has 0 aliphatic carbocycles. The molecule has 2 N–H and O–H groups in total. The second-order valence-corrected chi connectivity index (χ2v) is 7.90. The lowest BCUT2D eigenvalue weighted by molar-refractivity contribution is 0.473. The second kappa shape index (κ2) is 6.74. The van der Waals surface area contributed by atoms with E-state index in [-0.39, 0.29) is 17.8 Å². The summed E-state index contributed by atoms with van der Waals surface area (Å²) in [5.74, 6) is 0.203. The molecule has 7 heteroatoms. The maximum absolute atomic E-state index is 10.4. The van der Waals surface area contributed by atoms with Crippen molar-refractivity contribution >= 4 is 50.3 Å². The molecule has 4 nitrogen and oxygen atoms in total. The molecule has 0 unspecified atom stereocenters. The molecule has 1 fully saturated rings. The molecule has 0 bridgehead atoms. The minimum Gasteiger partial charge on any atom is -0.506 e. The highest BCUT2D eigenvalue weighted by molar-refractivity contribution is 9.10. The number of nitrogens with one attached hydrogen (secondary N) is 1. The fourth-order valence-electron chi connectivity index (χ4n) is 3.05. The predicted molar refractivity (Wildman–Crippen MR) is 108 cm³/mol. The van der Waals surface area contributed by atoms with Crippen LogP contribution < -0.4 is 10.2 Å². The number of rotatable bonds is 3. The van der Waals surface area contributed by atoms with E-state index in [4.69, 9.17) is 12.2 Å². The van der Waals surface area contributed by atoms with Crippen LogP contribution in [0, 0.1) is 0 Å². The van der Waals surface area contributed by atoms with Gasteiger partial charge in [-0.25, -0.2) is 0 Å². The van der Waals surface area contributed by atoms with Crippen LogP contribution in [0.4, 0.5) is 5.69 Å². The molecule has 1 saturated heterocycles. The third-order valence-corrected chi connectivity index (χ3v) is 6.20. The highest BCUT2D eigenvalue weighted by atomic mass is 79.9. The fraction of sp³-hybridized carbons (Fsp3) is 0.111. The van der Waals surface area contributed by atoms with Gasteiger partial charge in [0.15, 0.2) is 5.11 Å². The summed E-state index contributed by atoms with van der Waals surface area (Å²) in [6, 6.07) is 15.0. The average molecular weight is 432 g/mol. The zero-order chi connectivity index (χ0) is 17.4. The van der Waals surface area contributed by atoms with Crippen LogP contribution in [0.15, 0.2) is 64.6 Å². The van der Waals surface area contributed by atoms with Crippen LogP contribution in [0.25, 0.3) is 0 Å². The van der Waals surface area contributed by atoms with Crippen molar-refractivity contribution < 1.29 is 5.11 Å². The molecule has 2 aromatic heterocycles. The molecule has 0 amide bonds. The number of phenols is 1. The summed E-state index contributed by atoms with van der Waals surface area (Å²) in [5.41, 5.74) is 1.60. The molecule has 3 aromatic rings. The van der Waals surface area contributed by atoms with Crippen LogP contribution in [-0.4, -0.2) is 15.2 Å². The van der Waals surface area contributed by atoms with E-state index in [0.29, 0.717) is 10.8 Å². The SMILES string of the molecule is Oc1ccccc1N1C(=S)N[C@@H](c2ccccn2)[C@@H]1c1cc(Br)cs1. The van der Waals surface area contributed by atoms with Crippen LogP contribution >= 0.6 is 39.5 Å². The van der Waals surface area contributed by atoms with Gasteiger partial charge >= 0.3 is 0 Å². The van der Waals surface area contributed by atoms with Crippen LogP contribution in [0.1, 0.15) is 22.7 Å². The van der Waals surface area contributed by atoms with Gasteiger partial charge in [-0.3, -0.25) is 4.98 Å². The molecule has 2 atom stereocenters. The number of pyridine rings is 1. The average Bonchev–Trinajstić information content (AvgIpc) is 3.19. The van der Waals surface area contributed by atoms with Gasteiger partial charge < -0.3 is 15.3 Å². The van der Waals surface area contributed by atoms with Gasteiger partial charge in [-0.15, -0.1) is 11.3 Å². The Morgan fingerprint density at radius 2 is 2.00 bits per heavy atom.